The molecule has 1 aliphatic heterocycles. The molecule has 1 saturated carbocycles. The highest BCUT2D eigenvalue weighted by atomic mass is 16.6. The van der Waals surface area contributed by atoms with Crippen LogP contribution in [0.3, 0.4) is 0 Å². The molecule has 0 aromatic carbocycles. The maximum atomic E-state index is 11.0. The van der Waals surface area contributed by atoms with E-state index in [4.69, 9.17) is 4.74 Å². The zero-order chi connectivity index (χ0) is 9.26. The first-order valence-electron chi connectivity index (χ1n) is 4.87. The van der Waals surface area contributed by atoms with Crippen molar-refractivity contribution >= 4 is 6.09 Å². The third-order valence-electron chi connectivity index (χ3n) is 2.95. The molecule has 1 amide bonds. The summed E-state index contributed by atoms with van der Waals surface area (Å²) in [6.07, 6.45) is 2.79. The first-order chi connectivity index (χ1) is 6.27. The van der Waals surface area contributed by atoms with Gasteiger partial charge in [-0.05, 0) is 18.8 Å². The van der Waals surface area contributed by atoms with Gasteiger partial charge in [-0.3, -0.25) is 0 Å². The summed E-state index contributed by atoms with van der Waals surface area (Å²) in [6.45, 7) is 1.54. The lowest BCUT2D eigenvalue weighted by molar-refractivity contribution is 0.0406. The number of aliphatic hydroxyl groups excluding tert-OH is 1. The minimum absolute atomic E-state index is 0.279. The summed E-state index contributed by atoms with van der Waals surface area (Å²) in [6, 6.07) is 0. The van der Waals surface area contributed by atoms with Crippen LogP contribution in [0.15, 0.2) is 0 Å². The fraction of sp³-hybridized carbons (Fsp3) is 0.889. The summed E-state index contributed by atoms with van der Waals surface area (Å²) in [5.74, 6) is 0.411. The van der Waals surface area contributed by atoms with Gasteiger partial charge in [-0.2, -0.15) is 0 Å². The number of hydrogen-bond donors (Lipinski definition) is 1. The molecule has 0 aromatic rings. The highest BCUT2D eigenvalue weighted by Gasteiger charge is 2.30. The molecule has 0 bridgehead atoms. The van der Waals surface area contributed by atoms with E-state index in [9.17, 15) is 9.90 Å². The van der Waals surface area contributed by atoms with Crippen LogP contribution in [-0.2, 0) is 4.74 Å². The van der Waals surface area contributed by atoms with Gasteiger partial charge in [0.25, 0.3) is 0 Å². The quantitative estimate of drug-likeness (QED) is 0.700. The largest absolute Gasteiger partial charge is 0.448 e. The van der Waals surface area contributed by atoms with Gasteiger partial charge in [-0.15, -0.1) is 0 Å². The van der Waals surface area contributed by atoms with Crippen molar-refractivity contribution in [1.29, 1.82) is 0 Å². The van der Waals surface area contributed by atoms with E-state index in [1.54, 1.807) is 4.90 Å². The normalized spacial score (nSPS) is 25.6. The first kappa shape index (κ1) is 8.81. The molecule has 0 radical (unpaired) electrons. The van der Waals surface area contributed by atoms with Gasteiger partial charge in [-0.1, -0.05) is 6.42 Å². The third kappa shape index (κ3) is 1.77. The second-order valence-electron chi connectivity index (χ2n) is 3.82. The maximum Gasteiger partial charge on any atom is 0.410 e. The lowest BCUT2D eigenvalue weighted by Gasteiger charge is -2.31. The van der Waals surface area contributed by atoms with Crippen molar-refractivity contribution in [2.75, 3.05) is 19.7 Å². The molecule has 1 aliphatic carbocycles. The molecule has 2 rings (SSSR count). The number of ether oxygens (including phenoxy) is 1. The number of carbonyl (C=O) groups is 1. The molecule has 1 unspecified atom stereocenters. The Morgan fingerprint density at radius 1 is 1.62 bits per heavy atom. The second kappa shape index (κ2) is 3.54. The lowest BCUT2D eigenvalue weighted by atomic mass is 9.81. The van der Waals surface area contributed by atoms with Crippen LogP contribution in [0, 0.1) is 5.92 Å². The van der Waals surface area contributed by atoms with Crippen molar-refractivity contribution in [2.24, 2.45) is 5.92 Å². The fourth-order valence-electron chi connectivity index (χ4n) is 1.79. The Balaban J connectivity index is 1.79. The van der Waals surface area contributed by atoms with E-state index >= 15 is 0 Å². The molecular formula is C9H15NO3. The molecule has 0 aromatic heterocycles. The van der Waals surface area contributed by atoms with Crippen LogP contribution < -0.4 is 0 Å². The van der Waals surface area contributed by atoms with E-state index in [0.717, 1.165) is 12.8 Å². The van der Waals surface area contributed by atoms with Crippen LogP contribution in [0.4, 0.5) is 4.79 Å². The van der Waals surface area contributed by atoms with Crippen LogP contribution in [-0.4, -0.2) is 41.9 Å². The highest BCUT2D eigenvalue weighted by molar-refractivity contribution is 5.69. The maximum absolute atomic E-state index is 11.0. The number of cyclic esters (lactones) is 1. The molecule has 1 saturated heterocycles. The van der Waals surface area contributed by atoms with Gasteiger partial charge in [0.05, 0.1) is 19.2 Å². The van der Waals surface area contributed by atoms with Gasteiger partial charge >= 0.3 is 6.09 Å². The number of aliphatic hydroxyl groups is 1. The monoisotopic (exact) mass is 185 g/mol. The molecule has 0 spiro atoms. The van der Waals surface area contributed by atoms with Gasteiger partial charge in [0.1, 0.15) is 6.61 Å². The Kier molecular flexibility index (Phi) is 2.40. The molecular weight excluding hydrogens is 170 g/mol. The Hall–Kier alpha value is -0.770. The summed E-state index contributed by atoms with van der Waals surface area (Å²) in [5, 5.41) is 9.70. The number of β-amino-alcohol motifs (C(OH)–C–C–N with tert-alkyl or cyclic N) is 1. The summed E-state index contributed by atoms with van der Waals surface area (Å²) in [5.41, 5.74) is 0. The molecule has 1 N–H and O–H groups in total. The Morgan fingerprint density at radius 3 is 2.85 bits per heavy atom. The smallest absolute Gasteiger partial charge is 0.410 e. The molecule has 4 nitrogen and oxygen atoms in total. The third-order valence-corrected chi connectivity index (χ3v) is 2.95. The van der Waals surface area contributed by atoms with E-state index in [-0.39, 0.29) is 12.2 Å². The fourth-order valence-corrected chi connectivity index (χ4v) is 1.79. The van der Waals surface area contributed by atoms with E-state index in [2.05, 4.69) is 0 Å². The van der Waals surface area contributed by atoms with Crippen LogP contribution in [0.1, 0.15) is 19.3 Å². The average Bonchev–Trinajstić information content (AvgIpc) is 2.32. The van der Waals surface area contributed by atoms with Crippen LogP contribution >= 0.6 is 0 Å². The summed E-state index contributed by atoms with van der Waals surface area (Å²) in [4.78, 5) is 12.6. The van der Waals surface area contributed by atoms with Gasteiger partial charge in [0.15, 0.2) is 0 Å². The van der Waals surface area contributed by atoms with Crippen molar-refractivity contribution in [3.63, 3.8) is 0 Å². The summed E-state index contributed by atoms with van der Waals surface area (Å²) >= 11 is 0. The van der Waals surface area contributed by atoms with Gasteiger partial charge in [-0.25, -0.2) is 4.79 Å². The molecule has 2 fully saturated rings. The Bertz CT molecular complexity index is 203. The first-order valence-corrected chi connectivity index (χ1v) is 4.87. The molecule has 2 aliphatic rings. The number of rotatable bonds is 3. The zero-order valence-corrected chi connectivity index (χ0v) is 7.61. The number of amides is 1. The van der Waals surface area contributed by atoms with Gasteiger partial charge in [0, 0.05) is 0 Å². The Labute approximate surface area is 77.5 Å². The summed E-state index contributed by atoms with van der Waals surface area (Å²) in [7, 11) is 0. The van der Waals surface area contributed by atoms with E-state index in [0.29, 0.717) is 25.6 Å². The van der Waals surface area contributed by atoms with Crippen LogP contribution in [0.25, 0.3) is 0 Å². The molecule has 4 heteroatoms. The molecule has 74 valence electrons. The second-order valence-corrected chi connectivity index (χ2v) is 3.82. The minimum Gasteiger partial charge on any atom is -0.448 e. The predicted octanol–water partition coefficient (Wildman–Crippen LogP) is 0.600. The zero-order valence-electron chi connectivity index (χ0n) is 7.61. The van der Waals surface area contributed by atoms with Crippen molar-refractivity contribution in [1.82, 2.24) is 4.90 Å². The highest BCUT2D eigenvalue weighted by Crippen LogP contribution is 2.30. The van der Waals surface area contributed by atoms with Crippen molar-refractivity contribution < 1.29 is 14.6 Å². The van der Waals surface area contributed by atoms with Crippen molar-refractivity contribution in [3.05, 3.63) is 0 Å². The predicted molar refractivity (Wildman–Crippen MR) is 46.3 cm³/mol. The molecule has 13 heavy (non-hydrogen) atoms. The Morgan fingerprint density at radius 2 is 2.38 bits per heavy atom. The number of hydrogen-bond acceptors (Lipinski definition) is 3. The number of nitrogens with zero attached hydrogens (tertiary/aromatic N) is 1. The molecule has 1 heterocycles. The van der Waals surface area contributed by atoms with Gasteiger partial charge in [0.2, 0.25) is 0 Å². The molecule has 1 atom stereocenters. The topological polar surface area (TPSA) is 49.8 Å². The van der Waals surface area contributed by atoms with Crippen LogP contribution in [0.5, 0.6) is 0 Å². The standard InChI is InChI=1S/C9H15NO3/c11-8(7-2-1-3-7)6-10-4-5-13-9(10)12/h7-8,11H,1-6H2. The number of carbonyl (C=O) groups excluding carboxylic acids is 1. The van der Waals surface area contributed by atoms with Crippen molar-refractivity contribution in [2.45, 2.75) is 25.4 Å². The van der Waals surface area contributed by atoms with Crippen LogP contribution in [0.2, 0.25) is 0 Å². The summed E-state index contributed by atoms with van der Waals surface area (Å²) < 4.78 is 4.77. The van der Waals surface area contributed by atoms with E-state index < -0.39 is 0 Å². The van der Waals surface area contributed by atoms with E-state index in [1.165, 1.54) is 6.42 Å². The van der Waals surface area contributed by atoms with E-state index in [1.807, 2.05) is 0 Å². The average molecular weight is 185 g/mol. The van der Waals surface area contributed by atoms with Crippen molar-refractivity contribution in [3.8, 4) is 0 Å². The SMILES string of the molecule is O=C1OCCN1CC(O)C1CCC1. The lowest BCUT2D eigenvalue weighted by Crippen LogP contribution is -2.39. The minimum atomic E-state index is -0.348. The van der Waals surface area contributed by atoms with Gasteiger partial charge < -0.3 is 14.7 Å².